The number of amides is 1. The summed E-state index contributed by atoms with van der Waals surface area (Å²) in [5, 5.41) is 8.67. The van der Waals surface area contributed by atoms with Gasteiger partial charge in [0.15, 0.2) is 0 Å². The first kappa shape index (κ1) is 22.8. The molecule has 1 atom stereocenters. The number of methoxy groups -OCH3 is 2. The van der Waals surface area contributed by atoms with E-state index >= 15 is 0 Å². The van der Waals surface area contributed by atoms with Crippen LogP contribution in [0.15, 0.2) is 66.0 Å². The van der Waals surface area contributed by atoms with Gasteiger partial charge in [-0.15, -0.1) is 11.3 Å². The Labute approximate surface area is 188 Å². The van der Waals surface area contributed by atoms with Crippen molar-refractivity contribution in [2.75, 3.05) is 20.8 Å². The molecule has 3 aromatic rings. The summed E-state index contributed by atoms with van der Waals surface area (Å²) in [6.07, 6.45) is 0. The van der Waals surface area contributed by atoms with Gasteiger partial charge in [0, 0.05) is 10.9 Å². The van der Waals surface area contributed by atoms with Crippen molar-refractivity contribution in [3.05, 3.63) is 82.0 Å². The lowest BCUT2D eigenvalue weighted by Crippen LogP contribution is -2.39. The number of nitrogens with one attached hydrogen (secondary N) is 2. The third kappa shape index (κ3) is 6.09. The van der Waals surface area contributed by atoms with E-state index in [4.69, 9.17) is 9.47 Å². The molecule has 1 heterocycles. The van der Waals surface area contributed by atoms with Gasteiger partial charge in [-0.1, -0.05) is 44.2 Å². The fourth-order valence-corrected chi connectivity index (χ4v) is 4.47. The van der Waals surface area contributed by atoms with Crippen LogP contribution in [0, 0.1) is 5.92 Å². The maximum atomic E-state index is 12.9. The van der Waals surface area contributed by atoms with Crippen LogP contribution in [0.4, 0.5) is 0 Å². The molecule has 0 radical (unpaired) electrons. The SMILES string of the molecule is COc1ccc(C(NC(=O)CNC(c2cccs2)C(C)C)c2ccc(OC)cc2)cc1. The van der Waals surface area contributed by atoms with E-state index in [2.05, 4.69) is 35.9 Å². The summed E-state index contributed by atoms with van der Waals surface area (Å²) in [6, 6.07) is 19.5. The van der Waals surface area contributed by atoms with Crippen LogP contribution in [0.2, 0.25) is 0 Å². The molecule has 2 aromatic carbocycles. The molecule has 2 N–H and O–H groups in total. The van der Waals surface area contributed by atoms with Crippen LogP contribution in [-0.2, 0) is 4.79 Å². The Morgan fingerprint density at radius 1 is 0.903 bits per heavy atom. The van der Waals surface area contributed by atoms with Gasteiger partial charge in [-0.2, -0.15) is 0 Å². The van der Waals surface area contributed by atoms with Crippen LogP contribution >= 0.6 is 11.3 Å². The molecule has 1 unspecified atom stereocenters. The molecule has 31 heavy (non-hydrogen) atoms. The molecule has 0 saturated heterocycles. The summed E-state index contributed by atoms with van der Waals surface area (Å²) in [5.74, 6) is 1.88. The molecule has 1 aromatic heterocycles. The van der Waals surface area contributed by atoms with Crippen LogP contribution in [0.1, 0.15) is 41.9 Å². The zero-order valence-electron chi connectivity index (χ0n) is 18.4. The van der Waals surface area contributed by atoms with E-state index in [-0.39, 0.29) is 24.5 Å². The van der Waals surface area contributed by atoms with E-state index in [1.165, 1.54) is 4.88 Å². The van der Waals surface area contributed by atoms with E-state index in [1.54, 1.807) is 25.6 Å². The summed E-state index contributed by atoms with van der Waals surface area (Å²) < 4.78 is 10.6. The predicted octanol–water partition coefficient (Wildman–Crippen LogP) is 4.96. The zero-order valence-corrected chi connectivity index (χ0v) is 19.2. The topological polar surface area (TPSA) is 59.6 Å². The Kier molecular flexibility index (Phi) is 8.09. The van der Waals surface area contributed by atoms with Gasteiger partial charge in [-0.3, -0.25) is 4.79 Å². The van der Waals surface area contributed by atoms with Crippen LogP contribution in [-0.4, -0.2) is 26.7 Å². The van der Waals surface area contributed by atoms with Crippen molar-refractivity contribution >= 4 is 17.2 Å². The van der Waals surface area contributed by atoms with Gasteiger partial charge in [-0.05, 0) is 52.8 Å². The molecule has 0 aliphatic rings. The molecule has 6 heteroatoms. The Hall–Kier alpha value is -2.83. The first-order valence-corrected chi connectivity index (χ1v) is 11.2. The highest BCUT2D eigenvalue weighted by Crippen LogP contribution is 2.27. The fourth-order valence-electron chi connectivity index (χ4n) is 3.50. The van der Waals surface area contributed by atoms with Gasteiger partial charge in [-0.25, -0.2) is 0 Å². The van der Waals surface area contributed by atoms with Gasteiger partial charge in [0.2, 0.25) is 5.91 Å². The number of hydrogen-bond acceptors (Lipinski definition) is 5. The standard InChI is InChI=1S/C25H30N2O3S/c1-17(2)24(22-6-5-15-31-22)26-16-23(28)27-25(18-7-11-20(29-3)12-8-18)19-9-13-21(30-4)14-10-19/h5-15,17,24-26H,16H2,1-4H3,(H,27,28). The van der Waals surface area contributed by atoms with Crippen LogP contribution in [0.5, 0.6) is 11.5 Å². The Morgan fingerprint density at radius 2 is 1.45 bits per heavy atom. The van der Waals surface area contributed by atoms with Gasteiger partial charge in [0.25, 0.3) is 0 Å². The lowest BCUT2D eigenvalue weighted by atomic mass is 9.98. The Morgan fingerprint density at radius 3 is 1.87 bits per heavy atom. The minimum absolute atomic E-state index is 0.0566. The van der Waals surface area contributed by atoms with Crippen LogP contribution < -0.4 is 20.1 Å². The second-order valence-electron chi connectivity index (χ2n) is 7.66. The van der Waals surface area contributed by atoms with Crippen molar-refractivity contribution < 1.29 is 14.3 Å². The van der Waals surface area contributed by atoms with Crippen molar-refractivity contribution in [1.82, 2.24) is 10.6 Å². The number of ether oxygens (including phenoxy) is 2. The minimum Gasteiger partial charge on any atom is -0.497 e. The summed E-state index contributed by atoms with van der Waals surface area (Å²) in [5.41, 5.74) is 1.97. The predicted molar refractivity (Wildman–Crippen MR) is 126 cm³/mol. The van der Waals surface area contributed by atoms with Crippen molar-refractivity contribution in [3.63, 3.8) is 0 Å². The number of rotatable bonds is 10. The maximum Gasteiger partial charge on any atom is 0.234 e. The summed E-state index contributed by atoms with van der Waals surface area (Å²) in [7, 11) is 3.28. The molecule has 5 nitrogen and oxygen atoms in total. The fraction of sp³-hybridized carbons (Fsp3) is 0.320. The molecule has 3 rings (SSSR count). The second kappa shape index (κ2) is 11.0. The third-order valence-corrected chi connectivity index (χ3v) is 6.16. The second-order valence-corrected chi connectivity index (χ2v) is 8.64. The van der Waals surface area contributed by atoms with E-state index in [0.29, 0.717) is 5.92 Å². The van der Waals surface area contributed by atoms with Crippen molar-refractivity contribution in [2.45, 2.75) is 25.9 Å². The molecule has 0 fully saturated rings. The zero-order chi connectivity index (χ0) is 22.2. The molecular weight excluding hydrogens is 408 g/mol. The molecule has 0 aliphatic carbocycles. The molecule has 0 spiro atoms. The number of benzene rings is 2. The molecule has 164 valence electrons. The normalized spacial score (nSPS) is 12.1. The summed E-state index contributed by atoms with van der Waals surface area (Å²) in [6.45, 7) is 4.56. The first-order chi connectivity index (χ1) is 15.0. The third-order valence-electron chi connectivity index (χ3n) is 5.20. The van der Waals surface area contributed by atoms with Crippen molar-refractivity contribution in [1.29, 1.82) is 0 Å². The number of thiophene rings is 1. The van der Waals surface area contributed by atoms with E-state index < -0.39 is 0 Å². The van der Waals surface area contributed by atoms with Crippen molar-refractivity contribution in [2.24, 2.45) is 5.92 Å². The molecule has 0 saturated carbocycles. The summed E-state index contributed by atoms with van der Waals surface area (Å²) >= 11 is 1.71. The van der Waals surface area contributed by atoms with E-state index in [1.807, 2.05) is 54.6 Å². The quantitative estimate of drug-likeness (QED) is 0.470. The average molecular weight is 439 g/mol. The van der Waals surface area contributed by atoms with Gasteiger partial charge < -0.3 is 20.1 Å². The highest BCUT2D eigenvalue weighted by molar-refractivity contribution is 7.10. The minimum atomic E-state index is -0.273. The van der Waals surface area contributed by atoms with Crippen LogP contribution in [0.3, 0.4) is 0 Å². The average Bonchev–Trinajstić information content (AvgIpc) is 3.32. The number of carbonyl (C=O) groups is 1. The van der Waals surface area contributed by atoms with E-state index in [9.17, 15) is 4.79 Å². The van der Waals surface area contributed by atoms with Gasteiger partial charge in [0.1, 0.15) is 11.5 Å². The smallest absolute Gasteiger partial charge is 0.234 e. The van der Waals surface area contributed by atoms with Gasteiger partial charge in [0.05, 0.1) is 26.8 Å². The first-order valence-electron chi connectivity index (χ1n) is 10.4. The summed E-state index contributed by atoms with van der Waals surface area (Å²) in [4.78, 5) is 14.2. The molecule has 0 bridgehead atoms. The maximum absolute atomic E-state index is 12.9. The highest BCUT2D eigenvalue weighted by Gasteiger charge is 2.20. The number of hydrogen-bond donors (Lipinski definition) is 2. The Bertz CT molecular complexity index is 890. The van der Waals surface area contributed by atoms with Crippen molar-refractivity contribution in [3.8, 4) is 11.5 Å². The van der Waals surface area contributed by atoms with E-state index in [0.717, 1.165) is 22.6 Å². The molecular formula is C25H30N2O3S. The van der Waals surface area contributed by atoms with Gasteiger partial charge >= 0.3 is 0 Å². The lowest BCUT2D eigenvalue weighted by Gasteiger charge is -2.23. The molecule has 0 aliphatic heterocycles. The molecule has 1 amide bonds. The Balaban J connectivity index is 1.75. The highest BCUT2D eigenvalue weighted by atomic mass is 32.1. The van der Waals surface area contributed by atoms with Crippen LogP contribution in [0.25, 0.3) is 0 Å². The monoisotopic (exact) mass is 438 g/mol. The number of carbonyl (C=O) groups excluding carboxylic acids is 1. The largest absolute Gasteiger partial charge is 0.497 e. The lowest BCUT2D eigenvalue weighted by molar-refractivity contribution is -0.120.